The van der Waals surface area contributed by atoms with E-state index in [4.69, 9.17) is 0 Å². The Morgan fingerprint density at radius 1 is 0.958 bits per heavy atom. The highest BCUT2D eigenvalue weighted by Gasteiger charge is 1.99. The Bertz CT molecular complexity index is 833. The highest BCUT2D eigenvalue weighted by molar-refractivity contribution is 7.84. The molecule has 4 nitrogen and oxygen atoms in total. The van der Waals surface area contributed by atoms with Crippen molar-refractivity contribution in [2.24, 2.45) is 0 Å². The van der Waals surface area contributed by atoms with E-state index in [1.165, 1.54) is 5.56 Å². The lowest BCUT2D eigenvalue weighted by molar-refractivity contribution is 0.686. The Kier molecular flexibility index (Phi) is 5.56. The number of pyridine rings is 1. The van der Waals surface area contributed by atoms with Gasteiger partial charge in [-0.1, -0.05) is 30.3 Å². The highest BCUT2D eigenvalue weighted by Crippen LogP contribution is 2.14. The van der Waals surface area contributed by atoms with Crippen LogP contribution in [0.5, 0.6) is 0 Å². The number of rotatable bonds is 7. The standard InChI is InChI=1S/C19H21N3OS/c1-24(23)17-9-6-15(7-10-17)14-20-12-13-21-19-11-8-16-4-2-3-5-18(16)22-19/h2-11,20H,12-14H2,1H3,(H,21,22)/t24-/m0/s1. The molecule has 0 bridgehead atoms. The zero-order valence-electron chi connectivity index (χ0n) is 13.7. The fourth-order valence-electron chi connectivity index (χ4n) is 2.48. The van der Waals surface area contributed by atoms with Gasteiger partial charge in [0.2, 0.25) is 0 Å². The molecule has 0 aliphatic carbocycles. The van der Waals surface area contributed by atoms with Gasteiger partial charge in [-0.3, -0.25) is 4.21 Å². The molecule has 24 heavy (non-hydrogen) atoms. The fraction of sp³-hybridized carbons (Fsp3) is 0.211. The lowest BCUT2D eigenvalue weighted by atomic mass is 10.2. The quantitative estimate of drug-likeness (QED) is 0.649. The Labute approximate surface area is 144 Å². The number of anilines is 1. The van der Waals surface area contributed by atoms with Crippen molar-refractivity contribution in [3.05, 3.63) is 66.2 Å². The SMILES string of the molecule is C[S@](=O)c1ccc(CNCCNc2ccc3ccccc3n2)cc1. The van der Waals surface area contributed by atoms with E-state index >= 15 is 0 Å². The normalized spacial score (nSPS) is 12.2. The van der Waals surface area contributed by atoms with Gasteiger partial charge in [-0.2, -0.15) is 0 Å². The Balaban J connectivity index is 1.43. The van der Waals surface area contributed by atoms with Gasteiger partial charge in [0.1, 0.15) is 5.82 Å². The molecule has 0 radical (unpaired) electrons. The maximum atomic E-state index is 11.4. The molecule has 0 saturated carbocycles. The van der Waals surface area contributed by atoms with Crippen LogP contribution in [0.15, 0.2) is 65.6 Å². The largest absolute Gasteiger partial charge is 0.369 e. The number of para-hydroxylation sites is 1. The topological polar surface area (TPSA) is 54.0 Å². The van der Waals surface area contributed by atoms with Crippen LogP contribution in [-0.4, -0.2) is 28.5 Å². The van der Waals surface area contributed by atoms with Crippen molar-refractivity contribution in [2.75, 3.05) is 24.7 Å². The van der Waals surface area contributed by atoms with E-state index in [0.717, 1.165) is 41.3 Å². The summed E-state index contributed by atoms with van der Waals surface area (Å²) in [7, 11) is -0.915. The first-order chi connectivity index (χ1) is 11.7. The van der Waals surface area contributed by atoms with Crippen molar-refractivity contribution < 1.29 is 4.21 Å². The summed E-state index contributed by atoms with van der Waals surface area (Å²) in [6, 6.07) is 20.1. The van der Waals surface area contributed by atoms with Crippen LogP contribution in [0.2, 0.25) is 0 Å². The minimum absolute atomic E-state index is 0.795. The van der Waals surface area contributed by atoms with E-state index in [0.29, 0.717) is 0 Å². The zero-order valence-corrected chi connectivity index (χ0v) is 14.5. The molecule has 2 aromatic carbocycles. The summed E-state index contributed by atoms with van der Waals surface area (Å²) in [5.74, 6) is 0.894. The average molecular weight is 339 g/mol. The van der Waals surface area contributed by atoms with Crippen molar-refractivity contribution in [1.82, 2.24) is 10.3 Å². The van der Waals surface area contributed by atoms with Crippen LogP contribution in [0.4, 0.5) is 5.82 Å². The molecule has 2 N–H and O–H groups in total. The van der Waals surface area contributed by atoms with E-state index in [2.05, 4.69) is 27.8 Å². The van der Waals surface area contributed by atoms with Crippen LogP contribution >= 0.6 is 0 Å². The molecule has 0 amide bonds. The minimum Gasteiger partial charge on any atom is -0.369 e. The lowest BCUT2D eigenvalue weighted by Gasteiger charge is -2.08. The molecule has 0 aliphatic rings. The van der Waals surface area contributed by atoms with E-state index < -0.39 is 10.8 Å². The van der Waals surface area contributed by atoms with E-state index in [1.54, 1.807) is 6.26 Å². The molecule has 124 valence electrons. The van der Waals surface area contributed by atoms with Crippen molar-refractivity contribution >= 4 is 27.5 Å². The predicted octanol–water partition coefficient (Wildman–Crippen LogP) is 3.17. The molecule has 0 fully saturated rings. The van der Waals surface area contributed by atoms with E-state index in [9.17, 15) is 4.21 Å². The maximum Gasteiger partial charge on any atom is 0.126 e. The number of nitrogens with one attached hydrogen (secondary N) is 2. The Morgan fingerprint density at radius 2 is 1.75 bits per heavy atom. The van der Waals surface area contributed by atoms with Gasteiger partial charge < -0.3 is 10.6 Å². The second-order valence-electron chi connectivity index (χ2n) is 5.59. The molecule has 1 heterocycles. The van der Waals surface area contributed by atoms with Gasteiger partial charge in [-0.05, 0) is 35.9 Å². The Morgan fingerprint density at radius 3 is 2.54 bits per heavy atom. The van der Waals surface area contributed by atoms with Crippen LogP contribution in [0.25, 0.3) is 10.9 Å². The summed E-state index contributed by atoms with van der Waals surface area (Å²) in [5, 5.41) is 7.88. The van der Waals surface area contributed by atoms with Crippen LogP contribution in [0.1, 0.15) is 5.56 Å². The second kappa shape index (κ2) is 8.04. The van der Waals surface area contributed by atoms with Crippen molar-refractivity contribution in [3.8, 4) is 0 Å². The third-order valence-electron chi connectivity index (χ3n) is 3.79. The molecule has 3 aromatic rings. The molecule has 0 aliphatic heterocycles. The smallest absolute Gasteiger partial charge is 0.126 e. The van der Waals surface area contributed by atoms with Crippen LogP contribution < -0.4 is 10.6 Å². The predicted molar refractivity (Wildman–Crippen MR) is 101 cm³/mol. The molecule has 1 atom stereocenters. The molecular weight excluding hydrogens is 318 g/mol. The average Bonchev–Trinajstić information content (AvgIpc) is 2.61. The molecular formula is C19H21N3OS. The van der Waals surface area contributed by atoms with Gasteiger partial charge in [0.15, 0.2) is 0 Å². The van der Waals surface area contributed by atoms with Crippen molar-refractivity contribution in [2.45, 2.75) is 11.4 Å². The maximum absolute atomic E-state index is 11.4. The molecule has 0 saturated heterocycles. The molecule has 5 heteroatoms. The van der Waals surface area contributed by atoms with Gasteiger partial charge in [0, 0.05) is 47.0 Å². The number of fused-ring (bicyclic) bond motifs is 1. The van der Waals surface area contributed by atoms with Crippen molar-refractivity contribution in [1.29, 1.82) is 0 Å². The zero-order chi connectivity index (χ0) is 16.8. The Hall–Kier alpha value is -2.24. The molecule has 3 rings (SSSR count). The third kappa shape index (κ3) is 4.40. The minimum atomic E-state index is -0.915. The first kappa shape index (κ1) is 16.6. The van der Waals surface area contributed by atoms with Gasteiger partial charge in [0.05, 0.1) is 5.52 Å². The third-order valence-corrected chi connectivity index (χ3v) is 4.73. The molecule has 1 aromatic heterocycles. The summed E-state index contributed by atoms with van der Waals surface area (Å²) < 4.78 is 11.4. The number of hydrogen-bond acceptors (Lipinski definition) is 4. The van der Waals surface area contributed by atoms with E-state index in [1.807, 2.05) is 48.5 Å². The van der Waals surface area contributed by atoms with Crippen molar-refractivity contribution in [3.63, 3.8) is 0 Å². The van der Waals surface area contributed by atoms with E-state index in [-0.39, 0.29) is 0 Å². The van der Waals surface area contributed by atoms with Gasteiger partial charge >= 0.3 is 0 Å². The van der Waals surface area contributed by atoms with Crippen LogP contribution in [0.3, 0.4) is 0 Å². The lowest BCUT2D eigenvalue weighted by Crippen LogP contribution is -2.22. The van der Waals surface area contributed by atoms with Crippen LogP contribution in [-0.2, 0) is 17.3 Å². The number of nitrogens with zero attached hydrogens (tertiary/aromatic N) is 1. The molecule has 0 unspecified atom stereocenters. The summed E-state index contributed by atoms with van der Waals surface area (Å²) >= 11 is 0. The number of aromatic nitrogens is 1. The van der Waals surface area contributed by atoms with Gasteiger partial charge in [-0.25, -0.2) is 4.98 Å². The summed E-state index contributed by atoms with van der Waals surface area (Å²) in [5.41, 5.74) is 2.19. The van der Waals surface area contributed by atoms with Gasteiger partial charge in [-0.15, -0.1) is 0 Å². The number of benzene rings is 2. The van der Waals surface area contributed by atoms with Gasteiger partial charge in [0.25, 0.3) is 0 Å². The summed E-state index contributed by atoms with van der Waals surface area (Å²) in [6.45, 7) is 2.45. The summed E-state index contributed by atoms with van der Waals surface area (Å²) in [6.07, 6.45) is 1.69. The first-order valence-electron chi connectivity index (χ1n) is 7.95. The number of hydrogen-bond donors (Lipinski definition) is 2. The fourth-order valence-corrected chi connectivity index (χ4v) is 2.99. The monoisotopic (exact) mass is 339 g/mol. The van der Waals surface area contributed by atoms with Crippen LogP contribution in [0, 0.1) is 0 Å². The first-order valence-corrected chi connectivity index (χ1v) is 9.51. The molecule has 0 spiro atoms. The summed E-state index contributed by atoms with van der Waals surface area (Å²) in [4.78, 5) is 5.45. The highest BCUT2D eigenvalue weighted by atomic mass is 32.2. The second-order valence-corrected chi connectivity index (χ2v) is 6.97.